The molecular formula is C20H33N. The van der Waals surface area contributed by atoms with E-state index in [0.29, 0.717) is 6.04 Å². The van der Waals surface area contributed by atoms with Gasteiger partial charge < -0.3 is 5.32 Å². The van der Waals surface area contributed by atoms with E-state index in [1.807, 2.05) is 0 Å². The molecule has 2 rings (SSSR count). The van der Waals surface area contributed by atoms with Crippen LogP contribution in [-0.4, -0.2) is 13.1 Å². The Bertz CT molecular complexity index is 386. The summed E-state index contributed by atoms with van der Waals surface area (Å²) in [5.74, 6) is 0.831. The van der Waals surface area contributed by atoms with Crippen molar-refractivity contribution in [3.8, 4) is 0 Å². The first kappa shape index (κ1) is 16.5. The van der Waals surface area contributed by atoms with Crippen LogP contribution in [0, 0.1) is 5.92 Å². The topological polar surface area (TPSA) is 12.0 Å². The van der Waals surface area contributed by atoms with Crippen LogP contribution in [0.5, 0.6) is 0 Å². The fourth-order valence-electron chi connectivity index (χ4n) is 4.66. The van der Waals surface area contributed by atoms with Gasteiger partial charge in [0.2, 0.25) is 0 Å². The first-order valence-corrected chi connectivity index (χ1v) is 9.01. The summed E-state index contributed by atoms with van der Waals surface area (Å²) < 4.78 is 0. The molecule has 0 bridgehead atoms. The molecule has 1 aliphatic carbocycles. The van der Waals surface area contributed by atoms with Gasteiger partial charge in [-0.1, -0.05) is 69.9 Å². The van der Waals surface area contributed by atoms with Crippen LogP contribution in [0.15, 0.2) is 30.3 Å². The molecule has 0 aliphatic heterocycles. The van der Waals surface area contributed by atoms with Gasteiger partial charge in [-0.05, 0) is 44.2 Å². The van der Waals surface area contributed by atoms with Crippen molar-refractivity contribution in [1.29, 1.82) is 0 Å². The minimum Gasteiger partial charge on any atom is -0.316 e. The number of nitrogens with one attached hydrogen (secondary N) is 1. The molecule has 1 heteroatoms. The van der Waals surface area contributed by atoms with E-state index >= 15 is 0 Å². The molecular weight excluding hydrogens is 254 g/mol. The second-order valence-corrected chi connectivity index (χ2v) is 6.75. The Hall–Kier alpha value is -0.820. The van der Waals surface area contributed by atoms with E-state index in [2.05, 4.69) is 56.5 Å². The highest BCUT2D eigenvalue weighted by Crippen LogP contribution is 2.41. The van der Waals surface area contributed by atoms with Crippen LogP contribution < -0.4 is 5.32 Å². The zero-order chi connectivity index (χ0) is 15.1. The highest BCUT2D eigenvalue weighted by atomic mass is 14.9. The van der Waals surface area contributed by atoms with E-state index in [0.717, 1.165) is 5.92 Å². The van der Waals surface area contributed by atoms with E-state index < -0.39 is 0 Å². The Morgan fingerprint density at radius 1 is 1.00 bits per heavy atom. The molecule has 21 heavy (non-hydrogen) atoms. The minimum atomic E-state index is 0.283. The van der Waals surface area contributed by atoms with Crippen molar-refractivity contribution in [2.24, 2.45) is 5.92 Å². The zero-order valence-electron chi connectivity index (χ0n) is 14.2. The lowest BCUT2D eigenvalue weighted by molar-refractivity contribution is 0.193. The van der Waals surface area contributed by atoms with Crippen molar-refractivity contribution in [3.05, 3.63) is 35.9 Å². The Labute approximate surface area is 131 Å². The fourth-order valence-corrected chi connectivity index (χ4v) is 4.66. The average Bonchev–Trinajstić information content (AvgIpc) is 2.82. The van der Waals surface area contributed by atoms with Gasteiger partial charge in [0, 0.05) is 11.5 Å². The number of hydrogen-bond donors (Lipinski definition) is 1. The lowest BCUT2D eigenvalue weighted by Gasteiger charge is -2.44. The normalized spacial score (nSPS) is 19.2. The number of rotatable bonds is 6. The van der Waals surface area contributed by atoms with Gasteiger partial charge >= 0.3 is 0 Å². The first-order chi connectivity index (χ1) is 10.3. The van der Waals surface area contributed by atoms with Gasteiger partial charge in [-0.15, -0.1) is 0 Å². The van der Waals surface area contributed by atoms with Crippen LogP contribution in [0.25, 0.3) is 0 Å². The third-order valence-corrected chi connectivity index (χ3v) is 5.89. The third-order valence-electron chi connectivity index (χ3n) is 5.89. The molecule has 1 atom stereocenters. The Morgan fingerprint density at radius 3 is 2.05 bits per heavy atom. The smallest absolute Gasteiger partial charge is 0.0189 e. The molecule has 0 aromatic heterocycles. The molecule has 1 unspecified atom stereocenters. The van der Waals surface area contributed by atoms with Crippen molar-refractivity contribution < 1.29 is 0 Å². The largest absolute Gasteiger partial charge is 0.316 e. The lowest BCUT2D eigenvalue weighted by atomic mass is 9.65. The summed E-state index contributed by atoms with van der Waals surface area (Å²) in [4.78, 5) is 0. The molecule has 1 nitrogen and oxygen atoms in total. The Balaban J connectivity index is 2.33. The van der Waals surface area contributed by atoms with E-state index in [9.17, 15) is 0 Å². The molecule has 1 aromatic rings. The summed E-state index contributed by atoms with van der Waals surface area (Å²) in [5.41, 5.74) is 1.81. The minimum absolute atomic E-state index is 0.283. The number of benzene rings is 1. The molecule has 0 saturated heterocycles. The third kappa shape index (κ3) is 3.51. The number of hydrogen-bond acceptors (Lipinski definition) is 1. The van der Waals surface area contributed by atoms with Gasteiger partial charge in [-0.3, -0.25) is 0 Å². The van der Waals surface area contributed by atoms with Crippen LogP contribution in [0.1, 0.15) is 70.8 Å². The molecule has 1 N–H and O–H groups in total. The maximum atomic E-state index is 3.74. The molecule has 0 spiro atoms. The van der Waals surface area contributed by atoms with Crippen LogP contribution in [0.2, 0.25) is 0 Å². The predicted molar refractivity (Wildman–Crippen MR) is 92.7 cm³/mol. The van der Waals surface area contributed by atoms with Crippen LogP contribution in [0.4, 0.5) is 0 Å². The van der Waals surface area contributed by atoms with Crippen LogP contribution in [0.3, 0.4) is 0 Å². The molecule has 1 saturated carbocycles. The predicted octanol–water partition coefficient (Wildman–Crippen LogP) is 5.30. The van der Waals surface area contributed by atoms with Gasteiger partial charge in [-0.25, -0.2) is 0 Å². The summed E-state index contributed by atoms with van der Waals surface area (Å²) in [7, 11) is 2.18. The summed E-state index contributed by atoms with van der Waals surface area (Å²) in [5, 5.41) is 3.74. The molecule has 1 aliphatic rings. The van der Waals surface area contributed by atoms with Gasteiger partial charge in [-0.2, -0.15) is 0 Å². The van der Waals surface area contributed by atoms with Crippen LogP contribution in [-0.2, 0) is 5.41 Å². The van der Waals surface area contributed by atoms with Crippen molar-refractivity contribution in [1.82, 2.24) is 5.32 Å². The van der Waals surface area contributed by atoms with Gasteiger partial charge in [0.25, 0.3) is 0 Å². The summed E-state index contributed by atoms with van der Waals surface area (Å²) in [6, 6.07) is 11.8. The highest BCUT2D eigenvalue weighted by molar-refractivity contribution is 5.28. The van der Waals surface area contributed by atoms with Gasteiger partial charge in [0.05, 0.1) is 0 Å². The van der Waals surface area contributed by atoms with E-state index in [-0.39, 0.29) is 5.41 Å². The Kier molecular flexibility index (Phi) is 6.29. The molecule has 118 valence electrons. The molecule has 0 amide bonds. The van der Waals surface area contributed by atoms with Crippen molar-refractivity contribution in [2.45, 2.75) is 76.7 Å². The monoisotopic (exact) mass is 287 g/mol. The van der Waals surface area contributed by atoms with Crippen molar-refractivity contribution in [2.75, 3.05) is 7.05 Å². The summed E-state index contributed by atoms with van der Waals surface area (Å²) in [6.45, 7) is 4.75. The zero-order valence-corrected chi connectivity index (χ0v) is 14.2. The standard InChI is InChI=1S/C20H33N/c1-4-20(5-2,18-15-11-8-12-16-18)19(21-3)17-13-9-6-7-10-14-17/h8,11-12,15-17,19,21H,4-7,9-10,13-14H2,1-3H3. The first-order valence-electron chi connectivity index (χ1n) is 9.01. The lowest BCUT2D eigenvalue weighted by Crippen LogP contribution is -2.51. The van der Waals surface area contributed by atoms with E-state index in [4.69, 9.17) is 0 Å². The molecule has 0 radical (unpaired) electrons. The number of likely N-dealkylation sites (N-methyl/N-ethyl adjacent to an activating group) is 1. The molecule has 1 aromatic carbocycles. The van der Waals surface area contributed by atoms with Gasteiger partial charge in [0.1, 0.15) is 0 Å². The SMILES string of the molecule is CCC(CC)(c1ccccc1)C(NC)C1CCCCCC1. The van der Waals surface area contributed by atoms with E-state index in [1.54, 1.807) is 0 Å². The summed E-state index contributed by atoms with van der Waals surface area (Å²) in [6.07, 6.45) is 10.9. The second kappa shape index (κ2) is 7.98. The maximum absolute atomic E-state index is 3.74. The van der Waals surface area contributed by atoms with Crippen LogP contribution >= 0.6 is 0 Å². The van der Waals surface area contributed by atoms with Gasteiger partial charge in [0.15, 0.2) is 0 Å². The van der Waals surface area contributed by atoms with Crippen molar-refractivity contribution >= 4 is 0 Å². The molecule has 0 heterocycles. The Morgan fingerprint density at radius 2 is 1.57 bits per heavy atom. The molecule has 1 fully saturated rings. The quantitative estimate of drug-likeness (QED) is 0.700. The second-order valence-electron chi connectivity index (χ2n) is 6.75. The summed E-state index contributed by atoms with van der Waals surface area (Å²) >= 11 is 0. The van der Waals surface area contributed by atoms with Crippen molar-refractivity contribution in [3.63, 3.8) is 0 Å². The maximum Gasteiger partial charge on any atom is 0.0189 e. The fraction of sp³-hybridized carbons (Fsp3) is 0.700. The highest BCUT2D eigenvalue weighted by Gasteiger charge is 2.40. The average molecular weight is 287 g/mol. The van der Waals surface area contributed by atoms with E-state index in [1.165, 1.54) is 56.9 Å².